The quantitative estimate of drug-likeness (QED) is 0.610. The zero-order chi connectivity index (χ0) is 18.9. The molecule has 0 radical (unpaired) electrons. The SMILES string of the molecule is COc1ccc(/C(C)=N\NC(=O)COc2ccc(C#N)cc2)c(OC)c1. The van der Waals surface area contributed by atoms with Crippen molar-refractivity contribution in [3.8, 4) is 23.3 Å². The van der Waals surface area contributed by atoms with E-state index in [0.29, 0.717) is 28.5 Å². The summed E-state index contributed by atoms with van der Waals surface area (Å²) in [4.78, 5) is 11.9. The molecule has 134 valence electrons. The van der Waals surface area contributed by atoms with Crippen molar-refractivity contribution in [2.45, 2.75) is 6.92 Å². The molecule has 0 atom stereocenters. The highest BCUT2D eigenvalue weighted by Crippen LogP contribution is 2.25. The van der Waals surface area contributed by atoms with Crippen LogP contribution in [0.3, 0.4) is 0 Å². The summed E-state index contributed by atoms with van der Waals surface area (Å²) in [6.45, 7) is 1.56. The number of hydrazone groups is 1. The van der Waals surface area contributed by atoms with Gasteiger partial charge >= 0.3 is 0 Å². The second kappa shape index (κ2) is 9.08. The van der Waals surface area contributed by atoms with Crippen molar-refractivity contribution in [3.63, 3.8) is 0 Å². The van der Waals surface area contributed by atoms with Gasteiger partial charge in [0.2, 0.25) is 0 Å². The fourth-order valence-electron chi connectivity index (χ4n) is 2.11. The Kier molecular flexibility index (Phi) is 6.57. The molecule has 2 rings (SSSR count). The van der Waals surface area contributed by atoms with E-state index in [1.807, 2.05) is 6.07 Å². The molecule has 7 heteroatoms. The Morgan fingerprint density at radius 1 is 1.12 bits per heavy atom. The lowest BCUT2D eigenvalue weighted by Gasteiger charge is -2.10. The van der Waals surface area contributed by atoms with E-state index < -0.39 is 5.91 Å². The normalized spacial score (nSPS) is 10.6. The molecule has 0 spiro atoms. The molecule has 7 nitrogen and oxygen atoms in total. The molecule has 26 heavy (non-hydrogen) atoms. The molecule has 0 aliphatic rings. The minimum absolute atomic E-state index is 0.192. The number of nitrogens with zero attached hydrogens (tertiary/aromatic N) is 2. The van der Waals surface area contributed by atoms with Gasteiger partial charge in [0.25, 0.3) is 5.91 Å². The summed E-state index contributed by atoms with van der Waals surface area (Å²) >= 11 is 0. The lowest BCUT2D eigenvalue weighted by molar-refractivity contribution is -0.123. The molecule has 0 saturated carbocycles. The second-order valence-electron chi connectivity index (χ2n) is 5.22. The van der Waals surface area contributed by atoms with E-state index in [4.69, 9.17) is 19.5 Å². The van der Waals surface area contributed by atoms with Crippen molar-refractivity contribution in [1.82, 2.24) is 5.43 Å². The highest BCUT2D eigenvalue weighted by atomic mass is 16.5. The summed E-state index contributed by atoms with van der Waals surface area (Å²) in [5.41, 5.74) is 4.28. The third kappa shape index (κ3) is 4.98. The summed E-state index contributed by atoms with van der Waals surface area (Å²) in [6.07, 6.45) is 0. The van der Waals surface area contributed by atoms with Gasteiger partial charge < -0.3 is 14.2 Å². The van der Waals surface area contributed by atoms with Crippen molar-refractivity contribution in [2.75, 3.05) is 20.8 Å². The zero-order valence-electron chi connectivity index (χ0n) is 14.8. The fourth-order valence-corrected chi connectivity index (χ4v) is 2.11. The van der Waals surface area contributed by atoms with Gasteiger partial charge in [0, 0.05) is 11.6 Å². The minimum Gasteiger partial charge on any atom is -0.497 e. The van der Waals surface area contributed by atoms with E-state index in [2.05, 4.69) is 10.5 Å². The van der Waals surface area contributed by atoms with Crippen LogP contribution in [-0.2, 0) is 4.79 Å². The molecule has 0 aromatic heterocycles. The second-order valence-corrected chi connectivity index (χ2v) is 5.22. The molecular weight excluding hydrogens is 334 g/mol. The summed E-state index contributed by atoms with van der Waals surface area (Å²) in [7, 11) is 3.12. The molecule has 0 fully saturated rings. The Labute approximate surface area is 151 Å². The van der Waals surface area contributed by atoms with E-state index in [0.717, 1.165) is 5.56 Å². The van der Waals surface area contributed by atoms with Crippen LogP contribution in [0, 0.1) is 11.3 Å². The topological polar surface area (TPSA) is 92.9 Å². The number of methoxy groups -OCH3 is 2. The van der Waals surface area contributed by atoms with Gasteiger partial charge in [0.15, 0.2) is 6.61 Å². The third-order valence-electron chi connectivity index (χ3n) is 3.50. The maximum atomic E-state index is 11.9. The molecule has 1 amide bonds. The Hall–Kier alpha value is -3.53. The van der Waals surface area contributed by atoms with Gasteiger partial charge in [-0.2, -0.15) is 10.4 Å². The Bertz CT molecular complexity index is 839. The molecule has 2 aromatic rings. The van der Waals surface area contributed by atoms with Gasteiger partial charge in [-0.15, -0.1) is 0 Å². The lowest BCUT2D eigenvalue weighted by Crippen LogP contribution is -2.25. The van der Waals surface area contributed by atoms with Crippen LogP contribution in [0.5, 0.6) is 17.2 Å². The Morgan fingerprint density at radius 2 is 1.81 bits per heavy atom. The predicted molar refractivity (Wildman–Crippen MR) is 96.6 cm³/mol. The first-order valence-electron chi connectivity index (χ1n) is 7.76. The summed E-state index contributed by atoms with van der Waals surface area (Å²) in [6, 6.07) is 13.8. The van der Waals surface area contributed by atoms with Gasteiger partial charge in [0.1, 0.15) is 17.2 Å². The van der Waals surface area contributed by atoms with E-state index in [-0.39, 0.29) is 6.61 Å². The zero-order valence-corrected chi connectivity index (χ0v) is 14.8. The largest absolute Gasteiger partial charge is 0.497 e. The number of carbonyl (C=O) groups excluding carboxylic acids is 1. The molecule has 0 aliphatic heterocycles. The number of nitrogens with one attached hydrogen (secondary N) is 1. The maximum absolute atomic E-state index is 11.9. The smallest absolute Gasteiger partial charge is 0.277 e. The van der Waals surface area contributed by atoms with Crippen molar-refractivity contribution in [1.29, 1.82) is 5.26 Å². The lowest BCUT2D eigenvalue weighted by atomic mass is 10.1. The van der Waals surface area contributed by atoms with Crippen LogP contribution in [0.15, 0.2) is 47.6 Å². The van der Waals surface area contributed by atoms with Gasteiger partial charge in [0.05, 0.1) is 31.6 Å². The first-order valence-corrected chi connectivity index (χ1v) is 7.76. The van der Waals surface area contributed by atoms with Gasteiger partial charge in [-0.1, -0.05) is 0 Å². The highest BCUT2D eigenvalue weighted by molar-refractivity contribution is 6.01. The number of amides is 1. The average molecular weight is 353 g/mol. The first-order chi connectivity index (χ1) is 12.6. The number of rotatable bonds is 7. The molecule has 0 saturated heterocycles. The Morgan fingerprint density at radius 3 is 2.42 bits per heavy atom. The van der Waals surface area contributed by atoms with Crippen LogP contribution in [0.4, 0.5) is 0 Å². The van der Waals surface area contributed by atoms with E-state index in [1.165, 1.54) is 0 Å². The van der Waals surface area contributed by atoms with Crippen LogP contribution < -0.4 is 19.6 Å². The number of nitriles is 1. The monoisotopic (exact) mass is 353 g/mol. The molecule has 0 heterocycles. The summed E-state index contributed by atoms with van der Waals surface area (Å²) in [5.74, 6) is 1.35. The average Bonchev–Trinajstić information content (AvgIpc) is 2.70. The molecule has 0 aliphatic carbocycles. The number of hydrogen-bond acceptors (Lipinski definition) is 6. The molecule has 2 aromatic carbocycles. The molecular formula is C19H19N3O4. The van der Waals surface area contributed by atoms with E-state index in [9.17, 15) is 4.79 Å². The van der Waals surface area contributed by atoms with Crippen LogP contribution in [0.25, 0.3) is 0 Å². The third-order valence-corrected chi connectivity index (χ3v) is 3.50. The van der Waals surface area contributed by atoms with Crippen LogP contribution in [0.1, 0.15) is 18.1 Å². The van der Waals surface area contributed by atoms with Crippen molar-refractivity contribution < 1.29 is 19.0 Å². The molecule has 0 unspecified atom stereocenters. The van der Waals surface area contributed by atoms with E-state index >= 15 is 0 Å². The maximum Gasteiger partial charge on any atom is 0.277 e. The standard InChI is InChI=1S/C19H19N3O4/c1-13(17-9-8-16(24-2)10-18(17)25-3)21-22-19(23)12-26-15-6-4-14(11-20)5-7-15/h4-10H,12H2,1-3H3,(H,22,23)/b21-13-. The summed E-state index contributed by atoms with van der Waals surface area (Å²) < 4.78 is 15.8. The van der Waals surface area contributed by atoms with E-state index in [1.54, 1.807) is 63.6 Å². The van der Waals surface area contributed by atoms with Gasteiger partial charge in [-0.05, 0) is 43.3 Å². The van der Waals surface area contributed by atoms with Gasteiger partial charge in [-0.25, -0.2) is 5.43 Å². The molecule has 0 bridgehead atoms. The first kappa shape index (κ1) is 18.8. The van der Waals surface area contributed by atoms with Crippen LogP contribution in [-0.4, -0.2) is 32.4 Å². The van der Waals surface area contributed by atoms with Gasteiger partial charge in [-0.3, -0.25) is 4.79 Å². The van der Waals surface area contributed by atoms with Crippen molar-refractivity contribution >= 4 is 11.6 Å². The number of carbonyl (C=O) groups is 1. The summed E-state index contributed by atoms with van der Waals surface area (Å²) in [5, 5.41) is 12.8. The minimum atomic E-state index is -0.402. The predicted octanol–water partition coefficient (Wildman–Crippen LogP) is 2.49. The number of benzene rings is 2. The fraction of sp³-hybridized carbons (Fsp3) is 0.211. The molecule has 1 N–H and O–H groups in total. The van der Waals surface area contributed by atoms with Crippen molar-refractivity contribution in [3.05, 3.63) is 53.6 Å². The Balaban J connectivity index is 1.95. The van der Waals surface area contributed by atoms with Crippen molar-refractivity contribution in [2.24, 2.45) is 5.10 Å². The highest BCUT2D eigenvalue weighted by Gasteiger charge is 2.09. The number of hydrogen-bond donors (Lipinski definition) is 1. The van der Waals surface area contributed by atoms with Crippen LogP contribution in [0.2, 0.25) is 0 Å². The number of ether oxygens (including phenoxy) is 3. The van der Waals surface area contributed by atoms with Crippen LogP contribution >= 0.6 is 0 Å².